The summed E-state index contributed by atoms with van der Waals surface area (Å²) < 4.78 is 33.0. The predicted molar refractivity (Wildman–Crippen MR) is 68.4 cm³/mol. The van der Waals surface area contributed by atoms with Gasteiger partial charge in [0.1, 0.15) is 18.6 Å². The van der Waals surface area contributed by atoms with Gasteiger partial charge in [0.05, 0.1) is 0 Å². The summed E-state index contributed by atoms with van der Waals surface area (Å²) in [5.41, 5.74) is 0.262. The lowest BCUT2D eigenvalue weighted by Crippen LogP contribution is -2.36. The maximum Gasteiger partial charge on any atom is 0.333 e. The molecule has 0 aromatic rings. The van der Waals surface area contributed by atoms with Crippen molar-refractivity contribution in [1.29, 1.82) is 0 Å². The zero-order valence-electron chi connectivity index (χ0n) is 11.3. The standard InChI is InChI=1S/C11H21NO5S/c1-6-10(12(4)5)18(14,15)17-8-7-16-11(13)9(2)3/h10H,2,6-8H2,1,3-5H3. The minimum Gasteiger partial charge on any atom is -0.460 e. The first kappa shape index (κ1) is 17.1. The van der Waals surface area contributed by atoms with E-state index in [-0.39, 0.29) is 18.8 Å². The third kappa shape index (κ3) is 5.61. The summed E-state index contributed by atoms with van der Waals surface area (Å²) in [4.78, 5) is 12.6. The predicted octanol–water partition coefficient (Wildman–Crippen LogP) is 0.750. The molecule has 0 aliphatic heterocycles. The first-order valence-corrected chi connectivity index (χ1v) is 7.06. The molecule has 0 aromatic carbocycles. The molecule has 1 atom stereocenters. The van der Waals surface area contributed by atoms with Gasteiger partial charge in [0.15, 0.2) is 0 Å². The van der Waals surface area contributed by atoms with E-state index in [1.807, 2.05) is 0 Å². The van der Waals surface area contributed by atoms with Gasteiger partial charge in [-0.25, -0.2) is 4.79 Å². The molecule has 0 saturated carbocycles. The lowest BCUT2D eigenvalue weighted by atomic mass is 10.4. The molecule has 0 aliphatic carbocycles. The molecule has 106 valence electrons. The first-order valence-electron chi connectivity index (χ1n) is 5.59. The topological polar surface area (TPSA) is 72.9 Å². The van der Waals surface area contributed by atoms with Crippen LogP contribution in [0.1, 0.15) is 20.3 Å². The van der Waals surface area contributed by atoms with Gasteiger partial charge in [-0.1, -0.05) is 13.5 Å². The van der Waals surface area contributed by atoms with Gasteiger partial charge in [0.25, 0.3) is 10.1 Å². The van der Waals surface area contributed by atoms with Crippen LogP contribution < -0.4 is 0 Å². The Morgan fingerprint density at radius 1 is 1.33 bits per heavy atom. The molecule has 0 saturated heterocycles. The van der Waals surface area contributed by atoms with Gasteiger partial charge in [-0.2, -0.15) is 8.42 Å². The number of carbonyl (C=O) groups excluding carboxylic acids is 1. The highest BCUT2D eigenvalue weighted by atomic mass is 32.2. The van der Waals surface area contributed by atoms with Gasteiger partial charge in [-0.3, -0.25) is 9.08 Å². The minimum absolute atomic E-state index is 0.116. The highest BCUT2D eigenvalue weighted by Gasteiger charge is 2.26. The molecule has 0 radical (unpaired) electrons. The summed E-state index contributed by atoms with van der Waals surface area (Å²) in [5.74, 6) is -0.560. The van der Waals surface area contributed by atoms with E-state index in [1.54, 1.807) is 25.9 Å². The molecule has 0 aromatic heterocycles. The average molecular weight is 279 g/mol. The summed E-state index contributed by atoms with van der Waals surface area (Å²) in [6.45, 7) is 6.37. The van der Waals surface area contributed by atoms with Crippen LogP contribution in [0.5, 0.6) is 0 Å². The van der Waals surface area contributed by atoms with Crippen LogP contribution in [-0.2, 0) is 23.8 Å². The van der Waals surface area contributed by atoms with Crippen LogP contribution in [0.2, 0.25) is 0 Å². The molecular formula is C11H21NO5S. The number of carbonyl (C=O) groups is 1. The van der Waals surface area contributed by atoms with Crippen molar-refractivity contribution < 1.29 is 22.1 Å². The number of hydrogen-bond acceptors (Lipinski definition) is 6. The Balaban J connectivity index is 4.20. The number of hydrogen-bond donors (Lipinski definition) is 0. The van der Waals surface area contributed by atoms with Crippen LogP contribution >= 0.6 is 0 Å². The van der Waals surface area contributed by atoms with Crippen LogP contribution in [0.25, 0.3) is 0 Å². The molecule has 0 rings (SSSR count). The SMILES string of the molecule is C=C(C)C(=O)OCCOS(=O)(=O)C(CC)N(C)C. The largest absolute Gasteiger partial charge is 0.460 e. The maximum atomic E-state index is 11.8. The van der Waals surface area contributed by atoms with Crippen molar-refractivity contribution in [2.24, 2.45) is 0 Å². The Bertz CT molecular complexity index is 388. The molecular weight excluding hydrogens is 258 g/mol. The van der Waals surface area contributed by atoms with Crippen molar-refractivity contribution in [3.8, 4) is 0 Å². The van der Waals surface area contributed by atoms with Gasteiger partial charge in [-0.15, -0.1) is 0 Å². The summed E-state index contributed by atoms with van der Waals surface area (Å²) in [7, 11) is -0.352. The van der Waals surface area contributed by atoms with E-state index in [2.05, 4.69) is 6.58 Å². The van der Waals surface area contributed by atoms with Crippen LogP contribution in [-0.4, -0.2) is 52.0 Å². The van der Waals surface area contributed by atoms with E-state index in [4.69, 9.17) is 8.92 Å². The summed E-state index contributed by atoms with van der Waals surface area (Å²) in [6.07, 6.45) is 0.418. The average Bonchev–Trinajstić information content (AvgIpc) is 2.23. The highest BCUT2D eigenvalue weighted by molar-refractivity contribution is 7.87. The van der Waals surface area contributed by atoms with Crippen molar-refractivity contribution in [3.63, 3.8) is 0 Å². The van der Waals surface area contributed by atoms with Crippen molar-refractivity contribution >= 4 is 16.1 Å². The van der Waals surface area contributed by atoms with Gasteiger partial charge >= 0.3 is 5.97 Å². The Hall–Kier alpha value is -0.920. The maximum absolute atomic E-state index is 11.8. The molecule has 1 unspecified atom stereocenters. The molecule has 0 spiro atoms. The van der Waals surface area contributed by atoms with E-state index in [1.165, 1.54) is 6.92 Å². The second-order valence-electron chi connectivity index (χ2n) is 4.06. The normalized spacial score (nSPS) is 13.4. The lowest BCUT2D eigenvalue weighted by Gasteiger charge is -2.22. The third-order valence-electron chi connectivity index (χ3n) is 2.17. The number of ether oxygens (including phenoxy) is 1. The molecule has 0 fully saturated rings. The van der Waals surface area contributed by atoms with E-state index < -0.39 is 21.5 Å². The molecule has 7 heteroatoms. The number of esters is 1. The molecule has 0 amide bonds. The van der Waals surface area contributed by atoms with Gasteiger partial charge in [-0.05, 0) is 27.4 Å². The quantitative estimate of drug-likeness (QED) is 0.282. The van der Waals surface area contributed by atoms with Gasteiger partial charge < -0.3 is 4.74 Å². The smallest absolute Gasteiger partial charge is 0.333 e. The lowest BCUT2D eigenvalue weighted by molar-refractivity contribution is -0.139. The Morgan fingerprint density at radius 3 is 2.28 bits per heavy atom. The van der Waals surface area contributed by atoms with E-state index in [0.717, 1.165) is 0 Å². The number of rotatable bonds is 8. The van der Waals surface area contributed by atoms with Crippen molar-refractivity contribution in [2.45, 2.75) is 25.6 Å². The second-order valence-corrected chi connectivity index (χ2v) is 5.82. The zero-order valence-corrected chi connectivity index (χ0v) is 12.1. The fraction of sp³-hybridized carbons (Fsp3) is 0.727. The van der Waals surface area contributed by atoms with E-state index in [0.29, 0.717) is 6.42 Å². The zero-order chi connectivity index (χ0) is 14.3. The molecule has 0 aliphatic rings. The Morgan fingerprint density at radius 2 is 1.89 bits per heavy atom. The minimum atomic E-state index is -3.68. The number of nitrogens with zero attached hydrogens (tertiary/aromatic N) is 1. The summed E-state index contributed by atoms with van der Waals surface area (Å²) in [5, 5.41) is -0.700. The van der Waals surface area contributed by atoms with Crippen molar-refractivity contribution in [2.75, 3.05) is 27.3 Å². The van der Waals surface area contributed by atoms with Crippen molar-refractivity contribution in [1.82, 2.24) is 4.90 Å². The molecule has 18 heavy (non-hydrogen) atoms. The van der Waals surface area contributed by atoms with Crippen LogP contribution in [0, 0.1) is 0 Å². The first-order chi connectivity index (χ1) is 8.22. The van der Waals surface area contributed by atoms with Gasteiger partial charge in [0.2, 0.25) is 0 Å². The second kappa shape index (κ2) is 7.50. The monoisotopic (exact) mass is 279 g/mol. The highest BCUT2D eigenvalue weighted by Crippen LogP contribution is 2.10. The molecule has 0 bridgehead atoms. The summed E-state index contributed by atoms with van der Waals surface area (Å²) in [6, 6.07) is 0. The Kier molecular flexibility index (Phi) is 7.12. The van der Waals surface area contributed by atoms with Crippen LogP contribution in [0.15, 0.2) is 12.2 Å². The fourth-order valence-electron chi connectivity index (χ4n) is 1.31. The van der Waals surface area contributed by atoms with E-state index in [9.17, 15) is 13.2 Å². The molecule has 6 nitrogen and oxygen atoms in total. The van der Waals surface area contributed by atoms with E-state index >= 15 is 0 Å². The summed E-state index contributed by atoms with van der Waals surface area (Å²) >= 11 is 0. The van der Waals surface area contributed by atoms with Gasteiger partial charge in [0, 0.05) is 5.57 Å². The molecule has 0 N–H and O–H groups in total. The van der Waals surface area contributed by atoms with Crippen LogP contribution in [0.3, 0.4) is 0 Å². The third-order valence-corrected chi connectivity index (χ3v) is 4.09. The van der Waals surface area contributed by atoms with Crippen LogP contribution in [0.4, 0.5) is 0 Å². The fourth-order valence-corrected chi connectivity index (χ4v) is 2.70. The van der Waals surface area contributed by atoms with Crippen molar-refractivity contribution in [3.05, 3.63) is 12.2 Å². The molecule has 0 heterocycles. The Labute approximate surface area is 109 Å².